The molecule has 1 unspecified atom stereocenters. The van der Waals surface area contributed by atoms with Gasteiger partial charge in [0.1, 0.15) is 6.10 Å². The van der Waals surface area contributed by atoms with Crippen molar-refractivity contribution in [1.82, 2.24) is 0 Å². The van der Waals surface area contributed by atoms with Crippen LogP contribution in [0.15, 0.2) is 33.7 Å². The predicted molar refractivity (Wildman–Crippen MR) is 59.3 cm³/mol. The van der Waals surface area contributed by atoms with E-state index >= 15 is 0 Å². The Bertz CT molecular complexity index is 365. The van der Waals surface area contributed by atoms with Crippen LogP contribution in [0.4, 0.5) is 0 Å². The third-order valence-electron chi connectivity index (χ3n) is 2.11. The molecule has 2 N–H and O–H groups in total. The fourth-order valence-corrected chi connectivity index (χ4v) is 1.83. The molecule has 0 saturated carbocycles. The molecule has 0 radical (unpaired) electrons. The number of nitrogens with two attached hydrogens (primary N) is 1. The van der Waals surface area contributed by atoms with Crippen molar-refractivity contribution in [1.29, 1.82) is 0 Å². The van der Waals surface area contributed by atoms with E-state index in [1.54, 1.807) is 0 Å². The average Bonchev–Trinajstić information content (AvgIpc) is 2.66. The minimum atomic E-state index is 0.0334. The Balaban J connectivity index is 2.12. The Hall–Kier alpha value is -0.870. The van der Waals surface area contributed by atoms with E-state index < -0.39 is 0 Å². The standard InChI is InChI=1S/C10H11BrN2O/c11-8-3-1-2-7(4-8)9-6-13-10(5-12)14-9/h1-4,9H,5-6,12H2. The largest absolute Gasteiger partial charge is 0.470 e. The van der Waals surface area contributed by atoms with Crippen molar-refractivity contribution in [2.24, 2.45) is 10.7 Å². The van der Waals surface area contributed by atoms with Crippen molar-refractivity contribution in [3.8, 4) is 0 Å². The Morgan fingerprint density at radius 1 is 1.57 bits per heavy atom. The molecule has 0 spiro atoms. The molecule has 1 atom stereocenters. The quantitative estimate of drug-likeness (QED) is 0.877. The third kappa shape index (κ3) is 1.96. The van der Waals surface area contributed by atoms with Crippen LogP contribution in [0.2, 0.25) is 0 Å². The van der Waals surface area contributed by atoms with Crippen molar-refractivity contribution in [3.05, 3.63) is 34.3 Å². The van der Waals surface area contributed by atoms with Gasteiger partial charge in [-0.3, -0.25) is 4.99 Å². The van der Waals surface area contributed by atoms with Gasteiger partial charge in [0.15, 0.2) is 5.90 Å². The fourth-order valence-electron chi connectivity index (χ4n) is 1.42. The molecule has 0 saturated heterocycles. The van der Waals surface area contributed by atoms with Crippen molar-refractivity contribution < 1.29 is 4.74 Å². The van der Waals surface area contributed by atoms with Crippen LogP contribution in [0.25, 0.3) is 0 Å². The van der Waals surface area contributed by atoms with E-state index in [1.807, 2.05) is 24.3 Å². The SMILES string of the molecule is NCC1=NCC(c2cccc(Br)c2)O1. The second-order valence-electron chi connectivity index (χ2n) is 3.10. The summed E-state index contributed by atoms with van der Waals surface area (Å²) < 4.78 is 6.61. The molecule has 1 aliphatic rings. The van der Waals surface area contributed by atoms with E-state index in [0.717, 1.165) is 10.0 Å². The second-order valence-corrected chi connectivity index (χ2v) is 4.02. The number of hydrogen-bond acceptors (Lipinski definition) is 3. The van der Waals surface area contributed by atoms with Gasteiger partial charge in [-0.1, -0.05) is 28.1 Å². The maximum Gasteiger partial charge on any atom is 0.198 e. The molecule has 0 bridgehead atoms. The minimum absolute atomic E-state index is 0.0334. The van der Waals surface area contributed by atoms with E-state index in [9.17, 15) is 0 Å². The molecule has 1 heterocycles. The summed E-state index contributed by atoms with van der Waals surface area (Å²) in [5, 5.41) is 0. The summed E-state index contributed by atoms with van der Waals surface area (Å²) in [6.07, 6.45) is 0.0334. The highest BCUT2D eigenvalue weighted by Crippen LogP contribution is 2.24. The Labute approximate surface area is 91.1 Å². The van der Waals surface area contributed by atoms with Gasteiger partial charge in [0.2, 0.25) is 0 Å². The first-order chi connectivity index (χ1) is 6.79. The third-order valence-corrected chi connectivity index (χ3v) is 2.60. The smallest absolute Gasteiger partial charge is 0.198 e. The van der Waals surface area contributed by atoms with Gasteiger partial charge in [0.25, 0.3) is 0 Å². The van der Waals surface area contributed by atoms with E-state index in [1.165, 1.54) is 0 Å². The lowest BCUT2D eigenvalue weighted by Crippen LogP contribution is -2.14. The maximum atomic E-state index is 5.56. The van der Waals surface area contributed by atoms with Gasteiger partial charge in [-0.15, -0.1) is 0 Å². The number of nitrogens with zero attached hydrogens (tertiary/aromatic N) is 1. The van der Waals surface area contributed by atoms with Crippen LogP contribution in [0.1, 0.15) is 11.7 Å². The van der Waals surface area contributed by atoms with Crippen molar-refractivity contribution in [3.63, 3.8) is 0 Å². The monoisotopic (exact) mass is 254 g/mol. The summed E-state index contributed by atoms with van der Waals surface area (Å²) in [6.45, 7) is 1.05. The zero-order chi connectivity index (χ0) is 9.97. The average molecular weight is 255 g/mol. The topological polar surface area (TPSA) is 47.6 Å². The van der Waals surface area contributed by atoms with E-state index in [4.69, 9.17) is 10.5 Å². The first-order valence-electron chi connectivity index (χ1n) is 4.45. The Kier molecular flexibility index (Phi) is 2.84. The van der Waals surface area contributed by atoms with Gasteiger partial charge in [0, 0.05) is 4.47 Å². The summed E-state index contributed by atoms with van der Waals surface area (Å²) in [6, 6.07) is 8.05. The highest BCUT2D eigenvalue weighted by molar-refractivity contribution is 9.10. The van der Waals surface area contributed by atoms with Gasteiger partial charge < -0.3 is 10.5 Å². The maximum absolute atomic E-state index is 5.56. The van der Waals surface area contributed by atoms with Gasteiger partial charge in [-0.25, -0.2) is 0 Å². The van der Waals surface area contributed by atoms with Crippen LogP contribution in [-0.2, 0) is 4.74 Å². The normalized spacial score (nSPS) is 20.4. The molecule has 0 amide bonds. The molecule has 1 aromatic rings. The lowest BCUT2D eigenvalue weighted by Gasteiger charge is -2.10. The van der Waals surface area contributed by atoms with Crippen LogP contribution in [0, 0.1) is 0 Å². The molecule has 74 valence electrons. The number of benzene rings is 1. The molecular weight excluding hydrogens is 244 g/mol. The molecule has 1 aliphatic heterocycles. The molecule has 0 aromatic heterocycles. The summed E-state index contributed by atoms with van der Waals surface area (Å²) in [4.78, 5) is 4.20. The lowest BCUT2D eigenvalue weighted by atomic mass is 10.1. The number of hydrogen-bond donors (Lipinski definition) is 1. The van der Waals surface area contributed by atoms with Crippen LogP contribution in [-0.4, -0.2) is 19.0 Å². The number of ether oxygens (including phenoxy) is 1. The first-order valence-corrected chi connectivity index (χ1v) is 5.24. The molecule has 1 aromatic carbocycles. The molecule has 2 rings (SSSR count). The van der Waals surface area contributed by atoms with Crippen molar-refractivity contribution >= 4 is 21.8 Å². The molecule has 0 fully saturated rings. The van der Waals surface area contributed by atoms with Gasteiger partial charge in [-0.05, 0) is 17.7 Å². The predicted octanol–water partition coefficient (Wildman–Crippen LogP) is 1.88. The van der Waals surface area contributed by atoms with Crippen LogP contribution in [0.5, 0.6) is 0 Å². The summed E-state index contributed by atoms with van der Waals surface area (Å²) in [5.41, 5.74) is 6.57. The van der Waals surface area contributed by atoms with Crippen LogP contribution in [0.3, 0.4) is 0 Å². The summed E-state index contributed by atoms with van der Waals surface area (Å²) >= 11 is 3.42. The fraction of sp³-hybridized carbons (Fsp3) is 0.300. The van der Waals surface area contributed by atoms with Crippen molar-refractivity contribution in [2.45, 2.75) is 6.10 Å². The van der Waals surface area contributed by atoms with E-state index in [-0.39, 0.29) is 6.10 Å². The molecule has 14 heavy (non-hydrogen) atoms. The molecule has 3 nitrogen and oxygen atoms in total. The highest BCUT2D eigenvalue weighted by Gasteiger charge is 2.20. The Morgan fingerprint density at radius 3 is 3.07 bits per heavy atom. The number of halogens is 1. The zero-order valence-electron chi connectivity index (χ0n) is 7.61. The second kappa shape index (κ2) is 4.11. The summed E-state index contributed by atoms with van der Waals surface area (Å²) in [7, 11) is 0. The van der Waals surface area contributed by atoms with E-state index in [0.29, 0.717) is 19.0 Å². The zero-order valence-corrected chi connectivity index (χ0v) is 9.20. The minimum Gasteiger partial charge on any atom is -0.470 e. The van der Waals surface area contributed by atoms with Crippen LogP contribution < -0.4 is 5.73 Å². The number of rotatable bonds is 2. The molecule has 4 heteroatoms. The first kappa shape index (κ1) is 9.68. The highest BCUT2D eigenvalue weighted by atomic mass is 79.9. The van der Waals surface area contributed by atoms with Gasteiger partial charge in [-0.2, -0.15) is 0 Å². The van der Waals surface area contributed by atoms with Gasteiger partial charge >= 0.3 is 0 Å². The van der Waals surface area contributed by atoms with Gasteiger partial charge in [0.05, 0.1) is 13.1 Å². The molecule has 0 aliphatic carbocycles. The molecular formula is C10H11BrN2O. The van der Waals surface area contributed by atoms with Crippen LogP contribution >= 0.6 is 15.9 Å². The summed E-state index contributed by atoms with van der Waals surface area (Å²) in [5.74, 6) is 0.648. The number of aliphatic imine (C=N–C) groups is 1. The Morgan fingerprint density at radius 2 is 2.43 bits per heavy atom. The lowest BCUT2D eigenvalue weighted by molar-refractivity contribution is 0.226. The van der Waals surface area contributed by atoms with Crippen molar-refractivity contribution in [2.75, 3.05) is 13.1 Å². The van der Waals surface area contributed by atoms with E-state index in [2.05, 4.69) is 20.9 Å².